The fourth-order valence-electron chi connectivity index (χ4n) is 2.56. The van der Waals surface area contributed by atoms with Crippen LogP contribution >= 0.6 is 0 Å². The highest BCUT2D eigenvalue weighted by Gasteiger charge is 2.13. The Labute approximate surface area is 149 Å². The molecule has 0 aliphatic rings. The zero-order chi connectivity index (χ0) is 18.8. The van der Waals surface area contributed by atoms with E-state index in [0.29, 0.717) is 11.1 Å². The standard InChI is InChI=1S/C22H16O4/c1-13-3-7-15(8-4-13)19(23)11-17-21(25)18(22(17)26)12-20(24)16-9-5-14(2)6-10-16/h3-12H,1-2H3. The molecule has 0 atom stereocenters. The Morgan fingerprint density at radius 2 is 0.923 bits per heavy atom. The molecule has 0 fully saturated rings. The summed E-state index contributed by atoms with van der Waals surface area (Å²) in [6, 6.07) is 13.7. The highest BCUT2D eigenvalue weighted by molar-refractivity contribution is 6.18. The van der Waals surface area contributed by atoms with Crippen molar-refractivity contribution >= 4 is 23.7 Å². The van der Waals surface area contributed by atoms with E-state index in [1.54, 1.807) is 48.5 Å². The molecule has 0 aliphatic heterocycles. The number of rotatable bonds is 4. The van der Waals surface area contributed by atoms with E-state index in [4.69, 9.17) is 0 Å². The van der Waals surface area contributed by atoms with Crippen molar-refractivity contribution in [3.8, 4) is 0 Å². The van der Waals surface area contributed by atoms with Crippen molar-refractivity contribution in [3.05, 3.63) is 102 Å². The second-order valence-electron chi connectivity index (χ2n) is 6.23. The van der Waals surface area contributed by atoms with Gasteiger partial charge in [0.2, 0.25) is 10.9 Å². The number of benzene rings is 2. The molecule has 0 unspecified atom stereocenters. The Morgan fingerprint density at radius 3 is 1.23 bits per heavy atom. The van der Waals surface area contributed by atoms with Gasteiger partial charge in [0.15, 0.2) is 11.6 Å². The Balaban J connectivity index is 1.94. The molecule has 3 aromatic carbocycles. The first kappa shape index (κ1) is 17.4. The van der Waals surface area contributed by atoms with E-state index in [0.717, 1.165) is 23.3 Å². The summed E-state index contributed by atoms with van der Waals surface area (Å²) in [6.07, 6.45) is 2.09. The number of Topliss-reactive ketones (excluding diaryl/α,β-unsaturated/α-hetero) is 2. The van der Waals surface area contributed by atoms with Crippen molar-refractivity contribution in [1.82, 2.24) is 0 Å². The molecule has 4 nitrogen and oxygen atoms in total. The van der Waals surface area contributed by atoms with Crippen LogP contribution in [0.25, 0.3) is 12.2 Å². The third-order valence-electron chi connectivity index (χ3n) is 4.20. The molecule has 26 heavy (non-hydrogen) atoms. The van der Waals surface area contributed by atoms with Gasteiger partial charge in [-0.3, -0.25) is 19.2 Å². The lowest BCUT2D eigenvalue weighted by atomic mass is 10.0. The van der Waals surface area contributed by atoms with Crippen molar-refractivity contribution < 1.29 is 9.59 Å². The molecule has 0 radical (unpaired) electrons. The van der Waals surface area contributed by atoms with Gasteiger partial charge in [0.25, 0.3) is 0 Å². The van der Waals surface area contributed by atoms with Gasteiger partial charge in [-0.05, 0) is 13.8 Å². The molecule has 3 aromatic rings. The van der Waals surface area contributed by atoms with Crippen molar-refractivity contribution in [2.75, 3.05) is 0 Å². The number of hydrogen-bond donors (Lipinski definition) is 0. The molecule has 3 rings (SSSR count). The molecule has 0 heterocycles. The number of aryl methyl sites for hydroxylation is 2. The Morgan fingerprint density at radius 1 is 0.615 bits per heavy atom. The first-order valence-electron chi connectivity index (χ1n) is 8.11. The van der Waals surface area contributed by atoms with E-state index < -0.39 is 22.4 Å². The molecule has 0 saturated heterocycles. The summed E-state index contributed by atoms with van der Waals surface area (Å²) in [5.74, 6) is -0.823. The lowest BCUT2D eigenvalue weighted by Gasteiger charge is -1.98. The quantitative estimate of drug-likeness (QED) is 0.668. The molecule has 0 aliphatic carbocycles. The number of carbonyl (C=O) groups is 2. The van der Waals surface area contributed by atoms with Crippen molar-refractivity contribution in [3.63, 3.8) is 0 Å². The van der Waals surface area contributed by atoms with E-state index in [-0.39, 0.29) is 10.4 Å². The molecule has 4 heteroatoms. The van der Waals surface area contributed by atoms with E-state index in [9.17, 15) is 19.2 Å². The first-order valence-corrected chi connectivity index (χ1v) is 8.11. The van der Waals surface area contributed by atoms with Crippen LogP contribution in [-0.4, -0.2) is 11.6 Å². The van der Waals surface area contributed by atoms with Crippen molar-refractivity contribution in [1.29, 1.82) is 0 Å². The average Bonchev–Trinajstić information content (AvgIpc) is 2.64. The van der Waals surface area contributed by atoms with Crippen LogP contribution in [0.4, 0.5) is 0 Å². The van der Waals surface area contributed by atoms with Crippen LogP contribution in [0.1, 0.15) is 31.8 Å². The molecular weight excluding hydrogens is 328 g/mol. The predicted molar refractivity (Wildman–Crippen MR) is 101 cm³/mol. The van der Waals surface area contributed by atoms with Gasteiger partial charge >= 0.3 is 0 Å². The van der Waals surface area contributed by atoms with Gasteiger partial charge in [0, 0.05) is 23.3 Å². The largest absolute Gasteiger partial charge is 0.289 e. The topological polar surface area (TPSA) is 68.3 Å². The van der Waals surface area contributed by atoms with Gasteiger partial charge in [-0.1, -0.05) is 59.7 Å². The maximum Gasteiger partial charge on any atom is 0.201 e. The lowest BCUT2D eigenvalue weighted by Crippen LogP contribution is -2.65. The van der Waals surface area contributed by atoms with Gasteiger partial charge < -0.3 is 0 Å². The second kappa shape index (κ2) is 6.84. The monoisotopic (exact) mass is 344 g/mol. The summed E-state index contributed by atoms with van der Waals surface area (Å²) in [5.41, 5.74) is 1.66. The van der Waals surface area contributed by atoms with E-state index in [1.807, 2.05) is 13.8 Å². The maximum atomic E-state index is 12.2. The smallest absolute Gasteiger partial charge is 0.201 e. The third kappa shape index (κ3) is 3.35. The molecule has 0 N–H and O–H groups in total. The third-order valence-corrected chi connectivity index (χ3v) is 4.20. The molecule has 0 aromatic heterocycles. The van der Waals surface area contributed by atoms with Crippen molar-refractivity contribution in [2.24, 2.45) is 0 Å². The van der Waals surface area contributed by atoms with Crippen LogP contribution in [-0.2, 0) is 0 Å². The Kier molecular flexibility index (Phi) is 4.59. The van der Waals surface area contributed by atoms with Gasteiger partial charge in [0.1, 0.15) is 0 Å². The fourth-order valence-corrected chi connectivity index (χ4v) is 2.56. The van der Waals surface area contributed by atoms with Crippen LogP contribution < -0.4 is 21.3 Å². The fraction of sp³-hybridized carbons (Fsp3) is 0.0909. The van der Waals surface area contributed by atoms with E-state index in [2.05, 4.69) is 0 Å². The SMILES string of the molecule is Cc1ccc(C(=O)C=c2c(=O)c(=CC(=O)c3ccc(C)cc3)c2=O)cc1. The Hall–Kier alpha value is -3.40. The summed E-state index contributed by atoms with van der Waals surface area (Å²) in [6.45, 7) is 3.79. The van der Waals surface area contributed by atoms with Gasteiger partial charge in [-0.15, -0.1) is 0 Å². The van der Waals surface area contributed by atoms with Crippen LogP contribution in [0.2, 0.25) is 0 Å². The minimum absolute atomic E-state index is 0.182. The molecule has 0 amide bonds. The van der Waals surface area contributed by atoms with E-state index in [1.165, 1.54) is 0 Å². The molecular formula is C22H16O4. The normalized spacial score (nSPS) is 10.5. The second-order valence-corrected chi connectivity index (χ2v) is 6.23. The highest BCUT2D eigenvalue weighted by atomic mass is 16.1. The van der Waals surface area contributed by atoms with Crippen LogP contribution in [0.3, 0.4) is 0 Å². The summed E-state index contributed by atoms with van der Waals surface area (Å²) in [5, 5.41) is -0.364. The van der Waals surface area contributed by atoms with Gasteiger partial charge in [-0.25, -0.2) is 0 Å². The summed E-state index contributed by atoms with van der Waals surface area (Å²) < 4.78 is 0. The van der Waals surface area contributed by atoms with Crippen LogP contribution in [0, 0.1) is 13.8 Å². The van der Waals surface area contributed by atoms with E-state index >= 15 is 0 Å². The lowest BCUT2D eigenvalue weighted by molar-refractivity contribution is 0.105. The maximum absolute atomic E-state index is 12.2. The zero-order valence-corrected chi connectivity index (χ0v) is 14.4. The van der Waals surface area contributed by atoms with Gasteiger partial charge in [-0.2, -0.15) is 0 Å². The molecule has 0 bridgehead atoms. The molecule has 0 spiro atoms. The first-order chi connectivity index (χ1) is 12.4. The minimum Gasteiger partial charge on any atom is -0.289 e. The Bertz CT molecular complexity index is 1060. The predicted octanol–water partition coefficient (Wildman–Crippen LogP) is 1.23. The number of hydrogen-bond acceptors (Lipinski definition) is 4. The summed E-state index contributed by atoms with van der Waals surface area (Å²) in [7, 11) is 0. The minimum atomic E-state index is -0.573. The van der Waals surface area contributed by atoms with Crippen LogP contribution in [0.15, 0.2) is 58.1 Å². The average molecular weight is 344 g/mol. The van der Waals surface area contributed by atoms with Crippen molar-refractivity contribution in [2.45, 2.75) is 13.8 Å². The number of ketones is 2. The van der Waals surface area contributed by atoms with Gasteiger partial charge in [0.05, 0.1) is 10.4 Å². The molecule has 0 saturated carbocycles. The van der Waals surface area contributed by atoms with Crippen LogP contribution in [0.5, 0.6) is 0 Å². The summed E-state index contributed by atoms with van der Waals surface area (Å²) in [4.78, 5) is 48.6. The zero-order valence-electron chi connectivity index (χ0n) is 14.4. The highest BCUT2D eigenvalue weighted by Crippen LogP contribution is 2.05. The molecule has 128 valence electrons. The number of carbonyl (C=O) groups excluding carboxylic acids is 2. The summed E-state index contributed by atoms with van der Waals surface area (Å²) >= 11 is 0.